The zero-order valence-electron chi connectivity index (χ0n) is 78.1. The zero-order chi connectivity index (χ0) is 98.4. The highest BCUT2D eigenvalue weighted by molar-refractivity contribution is 7.13. The van der Waals surface area contributed by atoms with E-state index >= 15 is 0 Å². The standard InChI is InChI=1S/C24H23N3O2S.C24H21N3O2S.C22H20N4O2S.C21H17N3O2S.C19H15N3O2S/c2*1-3-29-21(28)15-14-20-16-30-24(25-20)27-23(19-12-8-5-9-13-19)17(2)22(26-27)18-10-6-4-7-11-18;1-3-28-21(27)18-13-29-22(24-18)26-20(16-9-11-17(23)12-10-16)14(2)19(25-26)15-7-5-4-6-8-15;1-14-19(15-8-4-2-5-9-15)23-24(20(14)16-10-6-3-7-11-16)12-18-22-17(13-27-18)21(25)26;1-12-16(13-7-3-2-4-8-13)21-22(17(12)14-9-5-6-10-14)19-20-15(11-25-19)18(23)24/h4-13,16H,3,14-15H2,1-2H3;4-16H,3H2,1-2H3;4-13H,3,23H2,1-2H3;2-11,13H,12H2,1H3,(H,25,26);2-9,11H,10H2,1H3,(H,23,24)/b;15-14+;;;. The van der Waals surface area contributed by atoms with Crippen LogP contribution in [0, 0.1) is 34.6 Å². The van der Waals surface area contributed by atoms with Crippen molar-refractivity contribution < 1.29 is 48.4 Å². The minimum Gasteiger partial charge on any atom is -0.476 e. The number of nitrogens with two attached hydrogens (primary N) is 1. The number of thiazole rings is 5. The summed E-state index contributed by atoms with van der Waals surface area (Å²) in [6.07, 6.45) is 11.0. The fourth-order valence-electron chi connectivity index (χ4n) is 15.9. The Balaban J connectivity index is 0.000000127. The average molecular weight is 1960 g/mol. The molecule has 1 aliphatic rings. The number of hydrogen-bond acceptors (Lipinski definition) is 24. The third kappa shape index (κ3) is 23.2. The van der Waals surface area contributed by atoms with Crippen molar-refractivity contribution in [1.82, 2.24) is 73.8 Å². The molecule has 9 aromatic carbocycles. The summed E-state index contributed by atoms with van der Waals surface area (Å²) in [6.45, 7) is 17.2. The lowest BCUT2D eigenvalue weighted by molar-refractivity contribution is -0.143. The Morgan fingerprint density at radius 2 is 0.730 bits per heavy atom. The van der Waals surface area contributed by atoms with Gasteiger partial charge in [0.25, 0.3) is 0 Å². The molecule has 0 saturated heterocycles. The van der Waals surface area contributed by atoms with Crippen molar-refractivity contribution in [2.45, 2.75) is 81.2 Å². The van der Waals surface area contributed by atoms with Crippen LogP contribution in [-0.4, -0.2) is 134 Å². The number of carboxylic acids is 2. The van der Waals surface area contributed by atoms with Gasteiger partial charge in [-0.2, -0.15) is 25.5 Å². The molecule has 0 radical (unpaired) electrons. The van der Waals surface area contributed by atoms with Gasteiger partial charge >= 0.3 is 29.8 Å². The normalized spacial score (nSPS) is 11.3. The summed E-state index contributed by atoms with van der Waals surface area (Å²) in [5.41, 5.74) is 34.0. The number of esters is 3. The van der Waals surface area contributed by atoms with Crippen LogP contribution in [0.4, 0.5) is 5.69 Å². The number of aryl methyl sites for hydroxylation is 1. The van der Waals surface area contributed by atoms with Crippen molar-refractivity contribution in [3.8, 4) is 122 Å². The second-order valence-electron chi connectivity index (χ2n) is 31.8. The summed E-state index contributed by atoms with van der Waals surface area (Å²) < 4.78 is 24.3. The van der Waals surface area contributed by atoms with Gasteiger partial charge in [-0.15, -0.1) is 56.7 Å². The molecule has 4 N–H and O–H groups in total. The number of rotatable bonds is 27. The topological polar surface area (TPSA) is 333 Å². The summed E-state index contributed by atoms with van der Waals surface area (Å²) in [5.74, 6) is -3.05. The Kier molecular flexibility index (Phi) is 31.9. The van der Waals surface area contributed by atoms with Crippen LogP contribution in [0.15, 0.2) is 318 Å². The van der Waals surface area contributed by atoms with E-state index in [1.165, 1.54) is 62.8 Å². The molecule has 10 heterocycles. The maximum absolute atomic E-state index is 12.1. The van der Waals surface area contributed by atoms with E-state index in [0.717, 1.165) is 163 Å². The monoisotopic (exact) mass is 1960 g/mol. The quantitative estimate of drug-likeness (QED) is 0.0186. The number of carbonyl (C=O) groups excluding carboxylic acids is 3. The van der Waals surface area contributed by atoms with Gasteiger partial charge in [0, 0.05) is 123 Å². The summed E-state index contributed by atoms with van der Waals surface area (Å²) in [4.78, 5) is 79.9. The fourth-order valence-corrected chi connectivity index (χ4v) is 19.7. The Hall–Kier alpha value is -16.5. The molecule has 31 heteroatoms. The first-order valence-electron chi connectivity index (χ1n) is 45.2. The fraction of sp³-hybridized carbons (Fsp3) is 0.136. The van der Waals surface area contributed by atoms with E-state index in [1.807, 2.05) is 258 Å². The third-order valence-electron chi connectivity index (χ3n) is 22.4. The molecule has 706 valence electrons. The number of benzene rings is 9. The van der Waals surface area contributed by atoms with Gasteiger partial charge < -0.3 is 30.2 Å². The van der Waals surface area contributed by atoms with Gasteiger partial charge in [0.1, 0.15) is 5.01 Å². The molecule has 0 bridgehead atoms. The molecular formula is C110H96N16O10S5. The van der Waals surface area contributed by atoms with Crippen LogP contribution in [0.1, 0.15) is 115 Å². The van der Waals surface area contributed by atoms with Crippen LogP contribution in [0.25, 0.3) is 133 Å². The van der Waals surface area contributed by atoms with Crippen LogP contribution < -0.4 is 5.73 Å². The molecule has 20 rings (SSSR count). The number of aromatic nitrogens is 15. The van der Waals surface area contributed by atoms with Gasteiger partial charge in [0.2, 0.25) is 20.5 Å². The van der Waals surface area contributed by atoms with Gasteiger partial charge in [-0.05, 0) is 85.6 Å². The first kappa shape index (κ1) is 97.6. The molecular weight excluding hydrogens is 1870 g/mol. The molecule has 10 aromatic heterocycles. The molecule has 0 aliphatic heterocycles. The summed E-state index contributed by atoms with van der Waals surface area (Å²) in [6, 6.07) is 88.5. The number of carbonyl (C=O) groups is 5. The molecule has 0 amide bonds. The molecule has 0 saturated carbocycles. The smallest absolute Gasteiger partial charge is 0.357 e. The maximum Gasteiger partial charge on any atom is 0.357 e. The summed E-state index contributed by atoms with van der Waals surface area (Å²) in [7, 11) is 0. The first-order chi connectivity index (χ1) is 68.7. The van der Waals surface area contributed by atoms with E-state index in [2.05, 4.69) is 114 Å². The summed E-state index contributed by atoms with van der Waals surface area (Å²) in [5, 5.41) is 54.7. The van der Waals surface area contributed by atoms with Crippen LogP contribution in [0.3, 0.4) is 0 Å². The van der Waals surface area contributed by atoms with Crippen LogP contribution in [-0.2, 0) is 36.8 Å². The van der Waals surface area contributed by atoms with E-state index in [-0.39, 0.29) is 29.0 Å². The molecule has 19 aromatic rings. The Morgan fingerprint density at radius 3 is 1.15 bits per heavy atom. The number of hydrogen-bond donors (Lipinski definition) is 3. The van der Waals surface area contributed by atoms with Gasteiger partial charge in [0.15, 0.2) is 17.1 Å². The van der Waals surface area contributed by atoms with Crippen molar-refractivity contribution in [1.29, 1.82) is 0 Å². The van der Waals surface area contributed by atoms with Gasteiger partial charge in [0.05, 0.1) is 101 Å². The van der Waals surface area contributed by atoms with Crippen LogP contribution in [0.5, 0.6) is 0 Å². The minimum absolute atomic E-state index is 0.0406. The number of anilines is 1. The second kappa shape index (κ2) is 46.1. The largest absolute Gasteiger partial charge is 0.476 e. The predicted octanol–water partition coefficient (Wildman–Crippen LogP) is 24.8. The Bertz CT molecular complexity index is 7650. The number of carboxylic acid groups (broad SMARTS) is 2. The average Bonchev–Trinajstić information content (AvgIpc) is 1.63. The highest BCUT2D eigenvalue weighted by Crippen LogP contribution is 2.42. The van der Waals surface area contributed by atoms with E-state index < -0.39 is 17.9 Å². The van der Waals surface area contributed by atoms with E-state index in [0.29, 0.717) is 65.9 Å². The number of ether oxygens (including phenoxy) is 3. The van der Waals surface area contributed by atoms with Crippen molar-refractivity contribution in [3.05, 3.63) is 385 Å². The molecule has 0 unspecified atom stereocenters. The van der Waals surface area contributed by atoms with E-state index in [9.17, 15) is 24.0 Å². The highest BCUT2D eigenvalue weighted by Gasteiger charge is 2.29. The number of allylic oxidation sites excluding steroid dienone is 4. The van der Waals surface area contributed by atoms with Crippen molar-refractivity contribution in [2.24, 2.45) is 0 Å². The molecule has 141 heavy (non-hydrogen) atoms. The highest BCUT2D eigenvalue weighted by atomic mass is 32.1. The number of aromatic carboxylic acids is 2. The van der Waals surface area contributed by atoms with Crippen molar-refractivity contribution in [2.75, 3.05) is 25.6 Å². The lowest BCUT2D eigenvalue weighted by Gasteiger charge is -2.07. The van der Waals surface area contributed by atoms with Crippen molar-refractivity contribution >= 4 is 104 Å². The zero-order valence-corrected chi connectivity index (χ0v) is 82.2. The van der Waals surface area contributed by atoms with Crippen LogP contribution in [0.2, 0.25) is 0 Å². The lowest BCUT2D eigenvalue weighted by atomic mass is 10.0. The molecule has 1 aliphatic carbocycles. The summed E-state index contributed by atoms with van der Waals surface area (Å²) >= 11 is 6.98. The van der Waals surface area contributed by atoms with Crippen molar-refractivity contribution in [3.63, 3.8) is 0 Å². The van der Waals surface area contributed by atoms with E-state index in [4.69, 9.17) is 60.6 Å². The SMILES string of the molecule is CCOC(=O)/C=C/c1csc(-n2nc(-c3ccccc3)c(C)c2-c2ccccc2)n1.CCOC(=O)CCc1csc(-n2nc(-c3ccccc3)c(C)c2-c2ccccc2)n1.CCOC(=O)c1csc(-n2nc(-c3ccccc3)c(C)c2-c2ccc(N)cc2)n1.Cc1c(-c2ccccc2)nn(-c2nc(C(=O)O)cs2)c1C1=CC=CC1.Cc1c(-c2ccccc2)nn(Cc2nc(C(=O)O)cs2)c1-c1ccccc1. The minimum atomic E-state index is -1.03. The maximum atomic E-state index is 12.1. The Morgan fingerprint density at radius 1 is 0.376 bits per heavy atom. The van der Waals surface area contributed by atoms with E-state index in [1.54, 1.807) is 45.4 Å². The predicted molar refractivity (Wildman–Crippen MR) is 560 cm³/mol. The van der Waals surface area contributed by atoms with Gasteiger partial charge in [-0.3, -0.25) is 9.48 Å². The molecule has 0 spiro atoms. The molecule has 26 nitrogen and oxygen atoms in total. The lowest BCUT2D eigenvalue weighted by Crippen LogP contribution is -2.06. The number of nitrogens with zero attached hydrogens (tertiary/aromatic N) is 15. The van der Waals surface area contributed by atoms with Crippen LogP contribution >= 0.6 is 56.7 Å². The Labute approximate surface area is 833 Å². The molecule has 0 atom stereocenters. The number of nitrogen functional groups attached to an aromatic ring is 1. The third-order valence-corrected chi connectivity index (χ3v) is 26.6. The van der Waals surface area contributed by atoms with Gasteiger partial charge in [-0.1, -0.05) is 273 Å². The first-order valence-corrected chi connectivity index (χ1v) is 49.6. The second-order valence-corrected chi connectivity index (χ2v) is 36.1. The van der Waals surface area contributed by atoms with Gasteiger partial charge in [-0.25, -0.2) is 62.8 Å². The molecule has 0 fully saturated rings.